The molecule has 1 aliphatic heterocycles. The molecule has 1 atom stereocenters. The second kappa shape index (κ2) is 6.77. The van der Waals surface area contributed by atoms with E-state index < -0.39 is 0 Å². The van der Waals surface area contributed by atoms with E-state index in [0.717, 1.165) is 19.1 Å². The van der Waals surface area contributed by atoms with Gasteiger partial charge >= 0.3 is 0 Å². The number of nitrogens with zero attached hydrogens (tertiary/aromatic N) is 1. The fourth-order valence-corrected chi connectivity index (χ4v) is 2.64. The Morgan fingerprint density at radius 3 is 2.76 bits per heavy atom. The molecule has 0 radical (unpaired) electrons. The molecular formula is C15H24N2. The van der Waals surface area contributed by atoms with Crippen molar-refractivity contribution in [2.45, 2.75) is 38.8 Å². The Balaban J connectivity index is 1.96. The van der Waals surface area contributed by atoms with Crippen LogP contribution in [-0.4, -0.2) is 30.6 Å². The number of piperidine rings is 1. The summed E-state index contributed by atoms with van der Waals surface area (Å²) in [6.07, 6.45) is 3.91. The number of hydrogen-bond donors (Lipinski definition) is 1. The van der Waals surface area contributed by atoms with Crippen LogP contribution in [0.3, 0.4) is 0 Å². The smallest absolute Gasteiger partial charge is 0.0237 e. The molecule has 1 aromatic rings. The molecule has 0 spiro atoms. The molecule has 0 bridgehead atoms. The Kier molecular flexibility index (Phi) is 5.02. The summed E-state index contributed by atoms with van der Waals surface area (Å²) in [5.41, 5.74) is 1.44. The third-order valence-electron chi connectivity index (χ3n) is 3.53. The highest BCUT2D eigenvalue weighted by atomic mass is 15.2. The van der Waals surface area contributed by atoms with Crippen LogP contribution in [0.2, 0.25) is 0 Å². The van der Waals surface area contributed by atoms with Gasteiger partial charge in [-0.05, 0) is 37.9 Å². The molecule has 2 heteroatoms. The van der Waals surface area contributed by atoms with Gasteiger partial charge in [-0.25, -0.2) is 0 Å². The quantitative estimate of drug-likeness (QED) is 0.839. The van der Waals surface area contributed by atoms with E-state index >= 15 is 0 Å². The van der Waals surface area contributed by atoms with Crippen molar-refractivity contribution in [2.75, 3.05) is 19.6 Å². The predicted octanol–water partition coefficient (Wildman–Crippen LogP) is 2.65. The lowest BCUT2D eigenvalue weighted by Crippen LogP contribution is -2.45. The van der Waals surface area contributed by atoms with Crippen LogP contribution in [0.1, 0.15) is 31.7 Å². The molecule has 1 heterocycles. The maximum absolute atomic E-state index is 3.52. The minimum absolute atomic E-state index is 0.726. The van der Waals surface area contributed by atoms with Crippen LogP contribution in [0.5, 0.6) is 0 Å². The zero-order valence-electron chi connectivity index (χ0n) is 10.9. The van der Waals surface area contributed by atoms with Crippen LogP contribution in [0, 0.1) is 0 Å². The first kappa shape index (κ1) is 12.6. The third kappa shape index (κ3) is 3.83. The minimum Gasteiger partial charge on any atom is -0.315 e. The van der Waals surface area contributed by atoms with Crippen molar-refractivity contribution in [2.24, 2.45) is 0 Å². The van der Waals surface area contributed by atoms with Gasteiger partial charge in [0.2, 0.25) is 0 Å². The fraction of sp³-hybridized carbons (Fsp3) is 0.600. The maximum Gasteiger partial charge on any atom is 0.0237 e. The van der Waals surface area contributed by atoms with E-state index in [1.54, 1.807) is 0 Å². The van der Waals surface area contributed by atoms with Crippen LogP contribution < -0.4 is 5.32 Å². The minimum atomic E-state index is 0.726. The normalized spacial score (nSPS) is 20.7. The molecule has 0 aliphatic carbocycles. The topological polar surface area (TPSA) is 15.3 Å². The summed E-state index contributed by atoms with van der Waals surface area (Å²) in [6.45, 7) is 6.94. The lowest BCUT2D eigenvalue weighted by molar-refractivity contribution is 0.158. The van der Waals surface area contributed by atoms with E-state index in [1.165, 1.54) is 37.9 Å². The zero-order chi connectivity index (χ0) is 11.9. The molecule has 1 aliphatic rings. The van der Waals surface area contributed by atoms with Crippen molar-refractivity contribution < 1.29 is 0 Å². The second-order valence-corrected chi connectivity index (χ2v) is 4.96. The Labute approximate surface area is 105 Å². The molecule has 0 aromatic heterocycles. The molecule has 17 heavy (non-hydrogen) atoms. The zero-order valence-corrected chi connectivity index (χ0v) is 10.9. The van der Waals surface area contributed by atoms with E-state index in [9.17, 15) is 0 Å². The van der Waals surface area contributed by atoms with Gasteiger partial charge in [0.25, 0.3) is 0 Å². The van der Waals surface area contributed by atoms with Crippen molar-refractivity contribution in [1.29, 1.82) is 0 Å². The summed E-state index contributed by atoms with van der Waals surface area (Å²) in [5, 5.41) is 3.52. The maximum atomic E-state index is 3.52. The van der Waals surface area contributed by atoms with Gasteiger partial charge in [0.15, 0.2) is 0 Å². The third-order valence-corrected chi connectivity index (χ3v) is 3.53. The van der Waals surface area contributed by atoms with Crippen molar-refractivity contribution in [1.82, 2.24) is 10.2 Å². The molecule has 2 rings (SSSR count). The van der Waals surface area contributed by atoms with Crippen LogP contribution in [0.4, 0.5) is 0 Å². The first-order valence-corrected chi connectivity index (χ1v) is 6.89. The molecule has 1 aromatic carbocycles. The molecule has 94 valence electrons. The van der Waals surface area contributed by atoms with Crippen molar-refractivity contribution in [3.05, 3.63) is 35.9 Å². The van der Waals surface area contributed by atoms with Crippen molar-refractivity contribution >= 4 is 0 Å². The van der Waals surface area contributed by atoms with Gasteiger partial charge in [0.05, 0.1) is 0 Å². The molecule has 1 unspecified atom stereocenters. The summed E-state index contributed by atoms with van der Waals surface area (Å²) in [7, 11) is 0. The highest BCUT2D eigenvalue weighted by molar-refractivity contribution is 5.14. The predicted molar refractivity (Wildman–Crippen MR) is 73.0 cm³/mol. The summed E-state index contributed by atoms with van der Waals surface area (Å²) >= 11 is 0. The van der Waals surface area contributed by atoms with Crippen molar-refractivity contribution in [3.63, 3.8) is 0 Å². The molecule has 0 amide bonds. The molecule has 1 N–H and O–H groups in total. The SMILES string of the molecule is CCCN(Cc1ccccc1)C1CCCNC1. The Morgan fingerprint density at radius 1 is 1.29 bits per heavy atom. The van der Waals surface area contributed by atoms with Gasteiger partial charge in [0.1, 0.15) is 0 Å². The van der Waals surface area contributed by atoms with Crippen LogP contribution >= 0.6 is 0 Å². The fourth-order valence-electron chi connectivity index (χ4n) is 2.64. The first-order valence-electron chi connectivity index (χ1n) is 6.89. The first-order chi connectivity index (χ1) is 8.40. The van der Waals surface area contributed by atoms with Crippen LogP contribution in [0.15, 0.2) is 30.3 Å². The molecule has 2 nitrogen and oxygen atoms in total. The Morgan fingerprint density at radius 2 is 2.12 bits per heavy atom. The van der Waals surface area contributed by atoms with Gasteiger partial charge < -0.3 is 5.32 Å². The summed E-state index contributed by atoms with van der Waals surface area (Å²) in [4.78, 5) is 2.64. The monoisotopic (exact) mass is 232 g/mol. The largest absolute Gasteiger partial charge is 0.315 e. The van der Waals surface area contributed by atoms with Crippen LogP contribution in [-0.2, 0) is 6.54 Å². The van der Waals surface area contributed by atoms with Crippen LogP contribution in [0.25, 0.3) is 0 Å². The Hall–Kier alpha value is -0.860. The van der Waals surface area contributed by atoms with Gasteiger partial charge in [-0.3, -0.25) is 4.90 Å². The lowest BCUT2D eigenvalue weighted by atomic mass is 10.0. The van der Waals surface area contributed by atoms with Gasteiger partial charge in [0, 0.05) is 19.1 Å². The number of benzene rings is 1. The van der Waals surface area contributed by atoms with Gasteiger partial charge in [-0.1, -0.05) is 37.3 Å². The van der Waals surface area contributed by atoms with E-state index in [1.807, 2.05) is 0 Å². The number of nitrogens with one attached hydrogen (secondary N) is 1. The molecule has 1 fully saturated rings. The van der Waals surface area contributed by atoms with E-state index in [4.69, 9.17) is 0 Å². The Bertz CT molecular complexity index is 304. The second-order valence-electron chi connectivity index (χ2n) is 4.96. The average Bonchev–Trinajstić information content (AvgIpc) is 2.40. The van der Waals surface area contributed by atoms with Gasteiger partial charge in [-0.15, -0.1) is 0 Å². The summed E-state index contributed by atoms with van der Waals surface area (Å²) < 4.78 is 0. The number of hydrogen-bond acceptors (Lipinski definition) is 2. The summed E-state index contributed by atoms with van der Waals surface area (Å²) in [6, 6.07) is 11.6. The highest BCUT2D eigenvalue weighted by Crippen LogP contribution is 2.14. The van der Waals surface area contributed by atoms with E-state index in [0.29, 0.717) is 0 Å². The average molecular weight is 232 g/mol. The highest BCUT2D eigenvalue weighted by Gasteiger charge is 2.19. The molecular weight excluding hydrogens is 208 g/mol. The summed E-state index contributed by atoms with van der Waals surface area (Å²) in [5.74, 6) is 0. The standard InChI is InChI=1S/C15H24N2/c1-2-11-17(15-9-6-10-16-12-15)13-14-7-4-3-5-8-14/h3-5,7-8,15-16H,2,6,9-13H2,1H3. The molecule has 1 saturated heterocycles. The van der Waals surface area contributed by atoms with Crippen molar-refractivity contribution in [3.8, 4) is 0 Å². The molecule has 0 saturated carbocycles. The lowest BCUT2D eigenvalue weighted by Gasteiger charge is -2.34. The number of rotatable bonds is 5. The van der Waals surface area contributed by atoms with E-state index in [2.05, 4.69) is 47.5 Å². The van der Waals surface area contributed by atoms with E-state index in [-0.39, 0.29) is 0 Å². The van der Waals surface area contributed by atoms with Gasteiger partial charge in [-0.2, -0.15) is 0 Å².